The standard InChI is InChI=1S/C26H28N2O6S/c1-17-8-6-7-9-26(17)35(29,30)28-22(20-12-11-19(31-2)15-24(20)33-4)16-21(27-28)18-10-13-23(32-3)25(14-18)34-5/h6-15,22H,16H2,1-5H3. The molecule has 0 radical (unpaired) electrons. The van der Waals surface area contributed by atoms with Gasteiger partial charge in [0.2, 0.25) is 0 Å². The number of rotatable bonds is 8. The van der Waals surface area contributed by atoms with E-state index in [0.717, 1.165) is 5.56 Å². The Morgan fingerprint density at radius 3 is 2.20 bits per heavy atom. The lowest BCUT2D eigenvalue weighted by atomic mass is 9.98. The quantitative estimate of drug-likeness (QED) is 0.454. The third kappa shape index (κ3) is 4.51. The molecule has 0 saturated heterocycles. The van der Waals surface area contributed by atoms with Crippen molar-refractivity contribution in [3.05, 3.63) is 77.4 Å². The highest BCUT2D eigenvalue weighted by Gasteiger charge is 2.39. The highest BCUT2D eigenvalue weighted by molar-refractivity contribution is 7.89. The van der Waals surface area contributed by atoms with Crippen LogP contribution in [0.15, 0.2) is 70.7 Å². The second-order valence-electron chi connectivity index (χ2n) is 7.99. The smallest absolute Gasteiger partial charge is 0.279 e. The minimum absolute atomic E-state index is 0.204. The van der Waals surface area contributed by atoms with Crippen molar-refractivity contribution in [3.63, 3.8) is 0 Å². The number of benzene rings is 3. The first-order valence-electron chi connectivity index (χ1n) is 11.0. The predicted octanol–water partition coefficient (Wildman–Crippen LogP) is 4.57. The van der Waals surface area contributed by atoms with E-state index in [2.05, 4.69) is 5.10 Å². The Hall–Kier alpha value is -3.72. The van der Waals surface area contributed by atoms with Crippen molar-refractivity contribution < 1.29 is 27.4 Å². The first-order chi connectivity index (χ1) is 16.8. The maximum absolute atomic E-state index is 13.9. The molecule has 0 N–H and O–H groups in total. The number of methoxy groups -OCH3 is 4. The normalized spacial score (nSPS) is 15.5. The van der Waals surface area contributed by atoms with E-state index in [4.69, 9.17) is 18.9 Å². The first-order valence-corrected chi connectivity index (χ1v) is 12.4. The molecule has 1 aliphatic rings. The first kappa shape index (κ1) is 24.4. The molecule has 0 aromatic heterocycles. The van der Waals surface area contributed by atoms with Crippen LogP contribution in [0.5, 0.6) is 23.0 Å². The summed E-state index contributed by atoms with van der Waals surface area (Å²) in [5, 5.41) is 4.63. The summed E-state index contributed by atoms with van der Waals surface area (Å²) in [5.41, 5.74) is 2.67. The molecule has 1 unspecified atom stereocenters. The van der Waals surface area contributed by atoms with Gasteiger partial charge in [0.05, 0.1) is 45.1 Å². The third-order valence-corrected chi connectivity index (χ3v) is 7.85. The molecular weight excluding hydrogens is 468 g/mol. The fourth-order valence-electron chi connectivity index (χ4n) is 4.17. The summed E-state index contributed by atoms with van der Waals surface area (Å²) in [7, 11) is 2.25. The molecule has 0 bridgehead atoms. The highest BCUT2D eigenvalue weighted by Crippen LogP contribution is 2.42. The monoisotopic (exact) mass is 496 g/mol. The second-order valence-corrected chi connectivity index (χ2v) is 9.75. The van der Waals surface area contributed by atoms with Crippen LogP contribution in [0.1, 0.15) is 29.2 Å². The van der Waals surface area contributed by atoms with Crippen LogP contribution in [0, 0.1) is 6.92 Å². The maximum atomic E-state index is 13.9. The lowest BCUT2D eigenvalue weighted by Gasteiger charge is -2.25. The molecule has 1 atom stereocenters. The summed E-state index contributed by atoms with van der Waals surface area (Å²) in [6.45, 7) is 1.77. The number of hydrazone groups is 1. The van der Waals surface area contributed by atoms with Gasteiger partial charge in [0.25, 0.3) is 10.0 Å². The predicted molar refractivity (Wildman–Crippen MR) is 133 cm³/mol. The van der Waals surface area contributed by atoms with Gasteiger partial charge in [-0.05, 0) is 48.9 Å². The number of nitrogens with zero attached hydrogens (tertiary/aromatic N) is 2. The van der Waals surface area contributed by atoms with Crippen LogP contribution in [0.4, 0.5) is 0 Å². The molecule has 35 heavy (non-hydrogen) atoms. The van der Waals surface area contributed by atoms with Crippen molar-refractivity contribution in [1.29, 1.82) is 0 Å². The van der Waals surface area contributed by atoms with E-state index in [1.165, 1.54) is 4.41 Å². The fraction of sp³-hybridized carbons (Fsp3) is 0.269. The number of hydrogen-bond donors (Lipinski definition) is 0. The number of aryl methyl sites for hydroxylation is 1. The van der Waals surface area contributed by atoms with Crippen molar-refractivity contribution >= 4 is 15.7 Å². The zero-order valence-electron chi connectivity index (χ0n) is 20.3. The summed E-state index contributed by atoms with van der Waals surface area (Å²) < 4.78 is 50.6. The molecule has 0 aliphatic carbocycles. The molecule has 8 nitrogen and oxygen atoms in total. The van der Waals surface area contributed by atoms with Crippen molar-refractivity contribution in [3.8, 4) is 23.0 Å². The summed E-state index contributed by atoms with van der Waals surface area (Å²) in [5.74, 6) is 2.24. The van der Waals surface area contributed by atoms with Gasteiger partial charge in [-0.1, -0.05) is 18.2 Å². The van der Waals surface area contributed by atoms with Crippen LogP contribution in [0.3, 0.4) is 0 Å². The molecule has 1 aliphatic heterocycles. The molecule has 0 spiro atoms. The Labute approximate surface area is 205 Å². The second kappa shape index (κ2) is 9.87. The van der Waals surface area contributed by atoms with Crippen molar-refractivity contribution in [1.82, 2.24) is 4.41 Å². The van der Waals surface area contributed by atoms with Crippen molar-refractivity contribution in [2.45, 2.75) is 24.3 Å². The number of hydrogen-bond acceptors (Lipinski definition) is 7. The van der Waals surface area contributed by atoms with E-state index in [9.17, 15) is 8.42 Å². The molecule has 3 aromatic carbocycles. The van der Waals surface area contributed by atoms with Gasteiger partial charge in [0.1, 0.15) is 11.5 Å². The maximum Gasteiger partial charge on any atom is 0.279 e. The summed E-state index contributed by atoms with van der Waals surface area (Å²) in [6.07, 6.45) is 0.337. The van der Waals surface area contributed by atoms with Gasteiger partial charge in [-0.25, -0.2) is 0 Å². The van der Waals surface area contributed by atoms with E-state index >= 15 is 0 Å². The van der Waals surface area contributed by atoms with Crippen LogP contribution >= 0.6 is 0 Å². The Kier molecular flexibility index (Phi) is 6.88. The van der Waals surface area contributed by atoms with Crippen molar-refractivity contribution in [2.24, 2.45) is 5.10 Å². The van der Waals surface area contributed by atoms with Gasteiger partial charge in [0, 0.05) is 23.6 Å². The highest BCUT2D eigenvalue weighted by atomic mass is 32.2. The van der Waals surface area contributed by atoms with Gasteiger partial charge in [0.15, 0.2) is 11.5 Å². The molecule has 4 rings (SSSR count). The topological polar surface area (TPSA) is 86.7 Å². The molecular formula is C26H28N2O6S. The van der Waals surface area contributed by atoms with Gasteiger partial charge in [-0.3, -0.25) is 0 Å². The fourth-order valence-corrected chi connectivity index (χ4v) is 5.83. The van der Waals surface area contributed by atoms with E-state index < -0.39 is 16.1 Å². The van der Waals surface area contributed by atoms with E-state index in [1.54, 1.807) is 83.9 Å². The number of ether oxygens (including phenoxy) is 4. The minimum Gasteiger partial charge on any atom is -0.497 e. The Bertz CT molecular complexity index is 1370. The third-order valence-electron chi connectivity index (χ3n) is 6.01. The molecule has 0 amide bonds. The zero-order valence-corrected chi connectivity index (χ0v) is 21.1. The molecule has 9 heteroatoms. The SMILES string of the molecule is COc1ccc(C2CC(c3ccc(OC)c(OC)c3)=NN2S(=O)(=O)c2ccccc2C)c(OC)c1. The van der Waals surface area contributed by atoms with Gasteiger partial charge < -0.3 is 18.9 Å². The number of sulfonamides is 1. The zero-order chi connectivity index (χ0) is 25.2. The van der Waals surface area contributed by atoms with Crippen molar-refractivity contribution in [2.75, 3.05) is 28.4 Å². The van der Waals surface area contributed by atoms with Crippen LogP contribution in [0.25, 0.3) is 0 Å². The summed E-state index contributed by atoms with van der Waals surface area (Å²) in [4.78, 5) is 0.204. The largest absolute Gasteiger partial charge is 0.497 e. The van der Waals surface area contributed by atoms with Gasteiger partial charge in [-0.15, -0.1) is 0 Å². The molecule has 3 aromatic rings. The van der Waals surface area contributed by atoms with Crippen LogP contribution in [-0.2, 0) is 10.0 Å². The van der Waals surface area contributed by atoms with E-state index in [1.807, 2.05) is 12.1 Å². The molecule has 0 fully saturated rings. The summed E-state index contributed by atoms with van der Waals surface area (Å²) in [6, 6.07) is 17.0. The minimum atomic E-state index is -3.97. The van der Waals surface area contributed by atoms with Gasteiger partial charge >= 0.3 is 0 Å². The van der Waals surface area contributed by atoms with E-state index in [0.29, 0.717) is 46.3 Å². The lowest BCUT2D eigenvalue weighted by molar-refractivity contribution is 0.346. The van der Waals surface area contributed by atoms with Crippen LogP contribution in [-0.4, -0.2) is 47.0 Å². The average molecular weight is 497 g/mol. The lowest BCUT2D eigenvalue weighted by Crippen LogP contribution is -2.28. The van der Waals surface area contributed by atoms with Crippen LogP contribution < -0.4 is 18.9 Å². The average Bonchev–Trinajstić information content (AvgIpc) is 3.34. The Balaban J connectivity index is 1.86. The Morgan fingerprint density at radius 1 is 0.829 bits per heavy atom. The molecule has 184 valence electrons. The Morgan fingerprint density at radius 2 is 1.54 bits per heavy atom. The van der Waals surface area contributed by atoms with Crippen LogP contribution in [0.2, 0.25) is 0 Å². The molecule has 1 heterocycles. The summed E-state index contributed by atoms with van der Waals surface area (Å²) >= 11 is 0. The van der Waals surface area contributed by atoms with E-state index in [-0.39, 0.29) is 4.90 Å². The van der Waals surface area contributed by atoms with Gasteiger partial charge in [-0.2, -0.15) is 17.9 Å². The molecule has 0 saturated carbocycles.